The first-order chi connectivity index (χ1) is 4.34. The van der Waals surface area contributed by atoms with Gasteiger partial charge < -0.3 is 0 Å². The minimum absolute atomic E-state index is 1.12. The van der Waals surface area contributed by atoms with Crippen molar-refractivity contribution >= 4 is 6.08 Å². The maximum absolute atomic E-state index is 3.86. The highest BCUT2D eigenvalue weighted by Crippen LogP contribution is 2.03. The molecule has 0 radical (unpaired) electrons. The van der Waals surface area contributed by atoms with Crippen LogP contribution in [0.15, 0.2) is 12.3 Å². The lowest BCUT2D eigenvalue weighted by atomic mass is 10.2. The maximum atomic E-state index is 3.86. The Morgan fingerprint density at radius 3 is 2.89 bits per heavy atom. The molecule has 9 heavy (non-hydrogen) atoms. The average molecular weight is 122 g/mol. The first-order valence-electron chi connectivity index (χ1n) is 2.97. The van der Waals surface area contributed by atoms with E-state index in [1.54, 1.807) is 0 Å². The van der Waals surface area contributed by atoms with Crippen molar-refractivity contribution in [3.8, 4) is 0 Å². The highest BCUT2D eigenvalue weighted by molar-refractivity contribution is 5.49. The third kappa shape index (κ3) is 1.19. The molecule has 0 aliphatic rings. The van der Waals surface area contributed by atoms with Crippen molar-refractivity contribution in [1.82, 2.24) is 10.2 Å². The van der Waals surface area contributed by atoms with Gasteiger partial charge in [-0.2, -0.15) is 5.10 Å². The van der Waals surface area contributed by atoms with E-state index in [-0.39, 0.29) is 0 Å². The molecule has 1 N–H and O–H groups in total. The Kier molecular flexibility index (Phi) is 1.68. The summed E-state index contributed by atoms with van der Waals surface area (Å²) in [6.45, 7) is 3.99. The van der Waals surface area contributed by atoms with Gasteiger partial charge in [-0.1, -0.05) is 12.2 Å². The molecule has 2 heteroatoms. The second-order valence-electron chi connectivity index (χ2n) is 1.95. The van der Waals surface area contributed by atoms with Gasteiger partial charge in [-0.25, -0.2) is 0 Å². The number of nitrogens with one attached hydrogen (secondary N) is 1. The Morgan fingerprint density at radius 2 is 2.44 bits per heavy atom. The van der Waals surface area contributed by atoms with Gasteiger partial charge in [-0.05, 0) is 13.8 Å². The van der Waals surface area contributed by atoms with Gasteiger partial charge in [0.25, 0.3) is 0 Å². The molecular weight excluding hydrogens is 112 g/mol. The van der Waals surface area contributed by atoms with E-state index in [0.717, 1.165) is 11.3 Å². The number of H-pyrrole nitrogens is 1. The summed E-state index contributed by atoms with van der Waals surface area (Å²) in [7, 11) is 0. The van der Waals surface area contributed by atoms with Gasteiger partial charge in [0.05, 0.1) is 6.20 Å². The van der Waals surface area contributed by atoms with Crippen molar-refractivity contribution < 1.29 is 0 Å². The molecule has 1 heterocycles. The highest BCUT2D eigenvalue weighted by atomic mass is 15.1. The molecule has 0 saturated carbocycles. The van der Waals surface area contributed by atoms with Crippen LogP contribution in [0.5, 0.6) is 0 Å². The second-order valence-corrected chi connectivity index (χ2v) is 1.95. The predicted molar refractivity (Wildman–Crippen MR) is 38.0 cm³/mol. The molecule has 0 fully saturated rings. The number of aromatic nitrogens is 2. The van der Waals surface area contributed by atoms with Crippen molar-refractivity contribution in [3.63, 3.8) is 0 Å². The van der Waals surface area contributed by atoms with Crippen LogP contribution in [0, 0.1) is 6.92 Å². The smallest absolute Gasteiger partial charge is 0.0562 e. The van der Waals surface area contributed by atoms with Gasteiger partial charge >= 0.3 is 0 Å². The Bertz CT molecular complexity index is 210. The monoisotopic (exact) mass is 122 g/mol. The Morgan fingerprint density at radius 1 is 1.67 bits per heavy atom. The summed E-state index contributed by atoms with van der Waals surface area (Å²) in [6, 6.07) is 0. The fourth-order valence-corrected chi connectivity index (χ4v) is 0.708. The molecule has 0 amide bonds. The fraction of sp³-hybridized carbons (Fsp3) is 0.286. The number of nitrogens with zero attached hydrogens (tertiary/aromatic N) is 1. The maximum Gasteiger partial charge on any atom is 0.0562 e. The number of allylic oxidation sites excluding steroid dienone is 1. The lowest BCUT2D eigenvalue weighted by molar-refractivity contribution is 1.05. The fourth-order valence-electron chi connectivity index (χ4n) is 0.708. The normalized spacial score (nSPS) is 10.9. The molecule has 48 valence electrons. The highest BCUT2D eigenvalue weighted by Gasteiger charge is 1.91. The molecule has 1 aromatic heterocycles. The minimum atomic E-state index is 1.12. The van der Waals surface area contributed by atoms with E-state index < -0.39 is 0 Å². The van der Waals surface area contributed by atoms with Crippen LogP contribution in [0.1, 0.15) is 18.2 Å². The molecule has 2 nitrogen and oxygen atoms in total. The van der Waals surface area contributed by atoms with E-state index in [4.69, 9.17) is 0 Å². The van der Waals surface area contributed by atoms with Crippen LogP contribution >= 0.6 is 0 Å². The van der Waals surface area contributed by atoms with Crippen molar-refractivity contribution in [2.75, 3.05) is 0 Å². The van der Waals surface area contributed by atoms with Gasteiger partial charge in [0.1, 0.15) is 0 Å². The van der Waals surface area contributed by atoms with Crippen LogP contribution in [-0.4, -0.2) is 10.2 Å². The number of hydrogen-bond acceptors (Lipinski definition) is 1. The van der Waals surface area contributed by atoms with Crippen molar-refractivity contribution in [2.45, 2.75) is 13.8 Å². The number of hydrogen-bond donors (Lipinski definition) is 1. The van der Waals surface area contributed by atoms with Gasteiger partial charge in [0.2, 0.25) is 0 Å². The lowest BCUT2D eigenvalue weighted by Crippen LogP contribution is -1.71. The summed E-state index contributed by atoms with van der Waals surface area (Å²) in [6.07, 6.45) is 5.84. The van der Waals surface area contributed by atoms with Crippen LogP contribution in [0.25, 0.3) is 6.08 Å². The molecule has 0 atom stereocenters. The van der Waals surface area contributed by atoms with Crippen LogP contribution in [0.3, 0.4) is 0 Å². The SMILES string of the molecule is C/C=C\c1cn[nH]c1C. The van der Waals surface area contributed by atoms with Gasteiger partial charge in [-0.15, -0.1) is 0 Å². The van der Waals surface area contributed by atoms with E-state index in [1.807, 2.05) is 32.2 Å². The van der Waals surface area contributed by atoms with Gasteiger partial charge in [0, 0.05) is 11.3 Å². The molecule has 0 aromatic carbocycles. The standard InChI is InChI=1S/C7H10N2/c1-3-4-7-5-8-9-6(7)2/h3-5H,1-2H3,(H,8,9)/b4-3-. The first-order valence-corrected chi connectivity index (χ1v) is 2.97. The topological polar surface area (TPSA) is 28.7 Å². The van der Waals surface area contributed by atoms with E-state index in [9.17, 15) is 0 Å². The van der Waals surface area contributed by atoms with Crippen LogP contribution < -0.4 is 0 Å². The molecule has 0 aliphatic heterocycles. The Hall–Kier alpha value is -1.05. The van der Waals surface area contributed by atoms with Crippen LogP contribution in [0.4, 0.5) is 0 Å². The molecular formula is C7H10N2. The molecule has 1 rings (SSSR count). The third-order valence-electron chi connectivity index (χ3n) is 1.22. The van der Waals surface area contributed by atoms with Crippen LogP contribution in [-0.2, 0) is 0 Å². The molecule has 0 aliphatic carbocycles. The number of aryl methyl sites for hydroxylation is 1. The first kappa shape index (κ1) is 6.08. The minimum Gasteiger partial charge on any atom is -0.282 e. The Balaban J connectivity index is 2.94. The molecule has 1 aromatic rings. The zero-order chi connectivity index (χ0) is 6.69. The quantitative estimate of drug-likeness (QED) is 0.604. The Labute approximate surface area is 54.6 Å². The third-order valence-corrected chi connectivity index (χ3v) is 1.22. The summed E-state index contributed by atoms with van der Waals surface area (Å²) in [5.41, 5.74) is 2.28. The van der Waals surface area contributed by atoms with Crippen molar-refractivity contribution in [1.29, 1.82) is 0 Å². The predicted octanol–water partition coefficient (Wildman–Crippen LogP) is 1.75. The van der Waals surface area contributed by atoms with Crippen LogP contribution in [0.2, 0.25) is 0 Å². The summed E-state index contributed by atoms with van der Waals surface area (Å²) in [4.78, 5) is 0. The zero-order valence-electron chi connectivity index (χ0n) is 5.68. The zero-order valence-corrected chi connectivity index (χ0v) is 5.68. The van der Waals surface area contributed by atoms with E-state index >= 15 is 0 Å². The molecule has 0 saturated heterocycles. The van der Waals surface area contributed by atoms with Gasteiger partial charge in [0.15, 0.2) is 0 Å². The van der Waals surface area contributed by atoms with E-state index in [0.29, 0.717) is 0 Å². The lowest BCUT2D eigenvalue weighted by Gasteiger charge is -1.83. The van der Waals surface area contributed by atoms with Crippen molar-refractivity contribution in [2.24, 2.45) is 0 Å². The summed E-state index contributed by atoms with van der Waals surface area (Å²) >= 11 is 0. The van der Waals surface area contributed by atoms with Gasteiger partial charge in [-0.3, -0.25) is 5.10 Å². The summed E-state index contributed by atoms with van der Waals surface area (Å²) < 4.78 is 0. The molecule has 0 unspecified atom stereocenters. The van der Waals surface area contributed by atoms with E-state index in [1.165, 1.54) is 0 Å². The average Bonchev–Trinajstić information content (AvgIpc) is 2.18. The van der Waals surface area contributed by atoms with Crippen molar-refractivity contribution in [3.05, 3.63) is 23.5 Å². The number of rotatable bonds is 1. The number of aromatic amines is 1. The molecule has 0 spiro atoms. The summed E-state index contributed by atoms with van der Waals surface area (Å²) in [5.74, 6) is 0. The largest absolute Gasteiger partial charge is 0.282 e. The van der Waals surface area contributed by atoms with E-state index in [2.05, 4.69) is 10.2 Å². The molecule has 0 bridgehead atoms. The summed E-state index contributed by atoms with van der Waals surface area (Å²) in [5, 5.41) is 6.72. The second kappa shape index (κ2) is 2.49.